The van der Waals surface area contributed by atoms with Gasteiger partial charge in [0.05, 0.1) is 0 Å². The molecule has 0 heterocycles. The third-order valence-corrected chi connectivity index (χ3v) is 6.55. The highest BCUT2D eigenvalue weighted by molar-refractivity contribution is 5.99. The number of Topliss-reactive ketones (excluding diaryl/α,β-unsaturated/α-hetero) is 1. The zero-order valence-corrected chi connectivity index (χ0v) is 12.6. The van der Waals surface area contributed by atoms with E-state index in [4.69, 9.17) is 0 Å². The van der Waals surface area contributed by atoms with Crippen molar-refractivity contribution >= 4 is 5.78 Å². The average molecular weight is 268 g/mol. The SMILES string of the molecule is Cc1ccc2c(c1)C(=O)CC1C2CC[C@]2(C)CCCC12. The van der Waals surface area contributed by atoms with Crippen LogP contribution in [0.3, 0.4) is 0 Å². The number of carbonyl (C=O) groups excluding carboxylic acids is 1. The third-order valence-electron chi connectivity index (χ3n) is 6.55. The predicted molar refractivity (Wildman–Crippen MR) is 81.0 cm³/mol. The Hall–Kier alpha value is -1.11. The molecule has 106 valence electrons. The minimum atomic E-state index is 0.404. The second-order valence-corrected chi connectivity index (χ2v) is 7.68. The Bertz CT molecular complexity index is 573. The van der Waals surface area contributed by atoms with E-state index < -0.39 is 0 Å². The molecule has 3 aliphatic carbocycles. The Balaban J connectivity index is 1.78. The van der Waals surface area contributed by atoms with Crippen molar-refractivity contribution in [2.75, 3.05) is 0 Å². The summed E-state index contributed by atoms with van der Waals surface area (Å²) in [7, 11) is 0. The topological polar surface area (TPSA) is 17.1 Å². The fourth-order valence-corrected chi connectivity index (χ4v) is 5.51. The maximum absolute atomic E-state index is 12.6. The van der Waals surface area contributed by atoms with Crippen LogP contribution in [0.5, 0.6) is 0 Å². The molecule has 4 atom stereocenters. The highest BCUT2D eigenvalue weighted by Crippen LogP contribution is 2.60. The maximum atomic E-state index is 12.6. The van der Waals surface area contributed by atoms with Crippen LogP contribution in [0.2, 0.25) is 0 Å². The number of benzene rings is 1. The molecule has 0 amide bonds. The van der Waals surface area contributed by atoms with Gasteiger partial charge in [0.2, 0.25) is 0 Å². The van der Waals surface area contributed by atoms with Crippen molar-refractivity contribution in [1.82, 2.24) is 0 Å². The van der Waals surface area contributed by atoms with Gasteiger partial charge in [-0.25, -0.2) is 0 Å². The van der Waals surface area contributed by atoms with Gasteiger partial charge >= 0.3 is 0 Å². The lowest BCUT2D eigenvalue weighted by atomic mass is 9.55. The van der Waals surface area contributed by atoms with Crippen LogP contribution < -0.4 is 0 Å². The van der Waals surface area contributed by atoms with Crippen molar-refractivity contribution in [2.24, 2.45) is 17.3 Å². The van der Waals surface area contributed by atoms with Gasteiger partial charge in [0.1, 0.15) is 0 Å². The third kappa shape index (κ3) is 1.65. The molecule has 0 saturated heterocycles. The van der Waals surface area contributed by atoms with Crippen molar-refractivity contribution in [3.05, 3.63) is 34.9 Å². The molecule has 1 aromatic rings. The molecule has 4 rings (SSSR count). The first-order valence-electron chi connectivity index (χ1n) is 8.22. The Kier molecular flexibility index (Phi) is 2.64. The molecule has 1 nitrogen and oxygen atoms in total. The molecular weight excluding hydrogens is 244 g/mol. The van der Waals surface area contributed by atoms with Crippen LogP contribution in [0.15, 0.2) is 18.2 Å². The zero-order valence-electron chi connectivity index (χ0n) is 12.6. The van der Waals surface area contributed by atoms with Gasteiger partial charge in [-0.15, -0.1) is 0 Å². The lowest BCUT2D eigenvalue weighted by Gasteiger charge is -2.48. The van der Waals surface area contributed by atoms with Gasteiger partial charge in [-0.1, -0.05) is 31.0 Å². The van der Waals surface area contributed by atoms with E-state index in [9.17, 15) is 4.79 Å². The Morgan fingerprint density at radius 2 is 2.05 bits per heavy atom. The summed E-state index contributed by atoms with van der Waals surface area (Å²) in [5.74, 6) is 2.47. The van der Waals surface area contributed by atoms with Crippen LogP contribution in [0.25, 0.3) is 0 Å². The van der Waals surface area contributed by atoms with Crippen LogP contribution >= 0.6 is 0 Å². The van der Waals surface area contributed by atoms with E-state index in [2.05, 4.69) is 32.0 Å². The number of hydrogen-bond donors (Lipinski definition) is 0. The molecule has 0 bridgehead atoms. The van der Waals surface area contributed by atoms with Crippen molar-refractivity contribution in [3.8, 4) is 0 Å². The van der Waals surface area contributed by atoms with Crippen molar-refractivity contribution in [2.45, 2.75) is 58.3 Å². The molecule has 2 fully saturated rings. The summed E-state index contributed by atoms with van der Waals surface area (Å²) in [5.41, 5.74) is 4.15. The highest BCUT2D eigenvalue weighted by atomic mass is 16.1. The Morgan fingerprint density at radius 1 is 1.20 bits per heavy atom. The first kappa shape index (κ1) is 12.6. The second-order valence-electron chi connectivity index (χ2n) is 7.68. The molecular formula is C19H24O. The van der Waals surface area contributed by atoms with E-state index in [-0.39, 0.29) is 0 Å². The number of carbonyl (C=O) groups is 1. The average Bonchev–Trinajstić information content (AvgIpc) is 2.81. The lowest BCUT2D eigenvalue weighted by Crippen LogP contribution is -2.41. The summed E-state index contributed by atoms with van der Waals surface area (Å²) in [4.78, 5) is 12.6. The summed E-state index contributed by atoms with van der Waals surface area (Å²) in [6, 6.07) is 6.56. The summed E-state index contributed by atoms with van der Waals surface area (Å²) >= 11 is 0. The quantitative estimate of drug-likeness (QED) is 0.655. The van der Waals surface area contributed by atoms with Gasteiger partial charge in [0, 0.05) is 12.0 Å². The minimum absolute atomic E-state index is 0.404. The van der Waals surface area contributed by atoms with Crippen LogP contribution in [0, 0.1) is 24.2 Å². The zero-order chi connectivity index (χ0) is 13.9. The van der Waals surface area contributed by atoms with Crippen LogP contribution in [0.1, 0.15) is 72.9 Å². The molecule has 3 unspecified atom stereocenters. The molecule has 1 heteroatoms. The van der Waals surface area contributed by atoms with Gasteiger partial charge < -0.3 is 0 Å². The standard InChI is InChI=1S/C19H24O/c1-12-5-6-13-14-7-9-19(2)8-3-4-17(19)15(14)11-18(20)16(13)10-12/h5-6,10,14-15,17H,3-4,7-9,11H2,1-2H3/t14?,15?,17?,19-/m0/s1. The molecule has 0 radical (unpaired) electrons. The van der Waals surface area contributed by atoms with Gasteiger partial charge in [0.15, 0.2) is 5.78 Å². The number of hydrogen-bond acceptors (Lipinski definition) is 1. The van der Waals surface area contributed by atoms with Crippen LogP contribution in [-0.2, 0) is 0 Å². The number of fused-ring (bicyclic) bond motifs is 5. The highest BCUT2D eigenvalue weighted by Gasteiger charge is 2.51. The number of rotatable bonds is 0. The molecule has 0 spiro atoms. The van der Waals surface area contributed by atoms with Gasteiger partial charge in [-0.05, 0) is 67.4 Å². The molecule has 0 aromatic heterocycles. The summed E-state index contributed by atoms with van der Waals surface area (Å²) < 4.78 is 0. The van der Waals surface area contributed by atoms with Crippen LogP contribution in [0.4, 0.5) is 0 Å². The molecule has 0 N–H and O–H groups in total. The molecule has 1 aromatic carbocycles. The van der Waals surface area contributed by atoms with Crippen molar-refractivity contribution < 1.29 is 4.79 Å². The van der Waals surface area contributed by atoms with E-state index >= 15 is 0 Å². The Labute approximate surface area is 121 Å². The summed E-state index contributed by atoms with van der Waals surface area (Å²) in [6.07, 6.45) is 7.57. The second kappa shape index (κ2) is 4.19. The molecule has 3 aliphatic rings. The van der Waals surface area contributed by atoms with E-state index in [0.29, 0.717) is 23.0 Å². The van der Waals surface area contributed by atoms with Gasteiger partial charge in [0.25, 0.3) is 0 Å². The van der Waals surface area contributed by atoms with Crippen molar-refractivity contribution in [1.29, 1.82) is 0 Å². The first-order valence-corrected chi connectivity index (χ1v) is 8.22. The van der Waals surface area contributed by atoms with E-state index in [1.165, 1.54) is 43.2 Å². The van der Waals surface area contributed by atoms with Gasteiger partial charge in [-0.2, -0.15) is 0 Å². The monoisotopic (exact) mass is 268 g/mol. The fraction of sp³-hybridized carbons (Fsp3) is 0.632. The van der Waals surface area contributed by atoms with E-state index in [1.807, 2.05) is 0 Å². The van der Waals surface area contributed by atoms with Crippen molar-refractivity contribution in [3.63, 3.8) is 0 Å². The van der Waals surface area contributed by atoms with Crippen LogP contribution in [-0.4, -0.2) is 5.78 Å². The fourth-order valence-electron chi connectivity index (χ4n) is 5.51. The molecule has 0 aliphatic heterocycles. The number of ketones is 1. The first-order chi connectivity index (χ1) is 9.58. The minimum Gasteiger partial charge on any atom is -0.294 e. The molecule has 20 heavy (non-hydrogen) atoms. The maximum Gasteiger partial charge on any atom is 0.163 e. The molecule has 2 saturated carbocycles. The normalized spacial score (nSPS) is 39.1. The number of aryl methyl sites for hydroxylation is 1. The largest absolute Gasteiger partial charge is 0.294 e. The van der Waals surface area contributed by atoms with E-state index in [0.717, 1.165) is 17.9 Å². The predicted octanol–water partition coefficient (Wildman–Crippen LogP) is 4.88. The summed E-state index contributed by atoms with van der Waals surface area (Å²) in [5, 5.41) is 0. The lowest BCUT2D eigenvalue weighted by molar-refractivity contribution is 0.0527. The van der Waals surface area contributed by atoms with Gasteiger partial charge in [-0.3, -0.25) is 4.79 Å². The Morgan fingerprint density at radius 3 is 2.90 bits per heavy atom. The van der Waals surface area contributed by atoms with E-state index in [1.54, 1.807) is 0 Å². The smallest absolute Gasteiger partial charge is 0.163 e. The summed E-state index contributed by atoms with van der Waals surface area (Å²) in [6.45, 7) is 4.57.